The molecular weight excluding hydrogens is 176 g/mol. The van der Waals surface area contributed by atoms with Crippen LogP contribution in [-0.2, 0) is 9.84 Å². The molecule has 12 heavy (non-hydrogen) atoms. The number of nitrogens with zero attached hydrogens (tertiary/aromatic N) is 2. The van der Waals surface area contributed by atoms with Gasteiger partial charge in [-0.2, -0.15) is 5.26 Å². The van der Waals surface area contributed by atoms with E-state index in [0.29, 0.717) is 19.5 Å². The highest BCUT2D eigenvalue weighted by Crippen LogP contribution is 1.91. The molecule has 70 valence electrons. The first-order valence-corrected chi connectivity index (χ1v) is 5.75. The van der Waals surface area contributed by atoms with Gasteiger partial charge in [-0.25, -0.2) is 8.42 Å². The van der Waals surface area contributed by atoms with Gasteiger partial charge < -0.3 is 0 Å². The van der Waals surface area contributed by atoms with E-state index in [0.717, 1.165) is 0 Å². The van der Waals surface area contributed by atoms with Crippen molar-refractivity contribution in [2.24, 2.45) is 0 Å². The van der Waals surface area contributed by atoms with Crippen molar-refractivity contribution in [3.8, 4) is 6.07 Å². The molecule has 0 spiro atoms. The number of hydrogen-bond donors (Lipinski definition) is 0. The van der Waals surface area contributed by atoms with Gasteiger partial charge in [0.2, 0.25) is 0 Å². The average Bonchev–Trinajstić information content (AvgIpc) is 1.84. The van der Waals surface area contributed by atoms with Crippen molar-refractivity contribution in [1.82, 2.24) is 4.90 Å². The Bertz CT molecular complexity index is 253. The Morgan fingerprint density at radius 2 is 2.08 bits per heavy atom. The maximum absolute atomic E-state index is 10.7. The zero-order chi connectivity index (χ0) is 9.61. The summed E-state index contributed by atoms with van der Waals surface area (Å²) in [6.45, 7) is 1.00. The van der Waals surface area contributed by atoms with Crippen LogP contribution in [0.1, 0.15) is 6.42 Å². The summed E-state index contributed by atoms with van der Waals surface area (Å²) in [6, 6.07) is 1.99. The van der Waals surface area contributed by atoms with E-state index in [1.807, 2.05) is 6.07 Å². The third-order valence-corrected chi connectivity index (χ3v) is 2.43. The van der Waals surface area contributed by atoms with Gasteiger partial charge in [0.05, 0.1) is 18.4 Å². The average molecular weight is 190 g/mol. The van der Waals surface area contributed by atoms with Crippen molar-refractivity contribution in [2.75, 3.05) is 32.1 Å². The summed E-state index contributed by atoms with van der Waals surface area (Å²) < 4.78 is 21.4. The molecule has 0 fully saturated rings. The van der Waals surface area contributed by atoms with Gasteiger partial charge in [-0.05, 0) is 20.0 Å². The van der Waals surface area contributed by atoms with Gasteiger partial charge in [0.15, 0.2) is 0 Å². The van der Waals surface area contributed by atoms with Crippen molar-refractivity contribution < 1.29 is 8.42 Å². The monoisotopic (exact) mass is 190 g/mol. The Balaban J connectivity index is 3.52. The summed E-state index contributed by atoms with van der Waals surface area (Å²) in [5.74, 6) is 0.197. The van der Waals surface area contributed by atoms with E-state index >= 15 is 0 Å². The fraction of sp³-hybridized carbons (Fsp3) is 0.857. The molecule has 0 radical (unpaired) electrons. The van der Waals surface area contributed by atoms with Crippen LogP contribution in [0.2, 0.25) is 0 Å². The van der Waals surface area contributed by atoms with Crippen LogP contribution in [0.25, 0.3) is 0 Å². The molecule has 0 rings (SSSR count). The van der Waals surface area contributed by atoms with Crippen LogP contribution in [0.4, 0.5) is 0 Å². The molecular formula is C7H14N2O2S. The Morgan fingerprint density at radius 3 is 2.50 bits per heavy atom. The predicted molar refractivity (Wildman–Crippen MR) is 47.4 cm³/mol. The fourth-order valence-corrected chi connectivity index (χ4v) is 1.45. The van der Waals surface area contributed by atoms with E-state index in [-0.39, 0.29) is 5.75 Å². The molecule has 0 aliphatic carbocycles. The smallest absolute Gasteiger partial charge is 0.147 e. The second-order valence-electron chi connectivity index (χ2n) is 2.88. The van der Waals surface area contributed by atoms with Crippen molar-refractivity contribution >= 4 is 9.84 Å². The van der Waals surface area contributed by atoms with Gasteiger partial charge in [0.1, 0.15) is 9.84 Å². The maximum Gasteiger partial charge on any atom is 0.147 e. The molecule has 0 unspecified atom stereocenters. The minimum atomic E-state index is -2.84. The molecule has 4 nitrogen and oxygen atoms in total. The highest BCUT2D eigenvalue weighted by atomic mass is 32.2. The van der Waals surface area contributed by atoms with Gasteiger partial charge in [0, 0.05) is 6.26 Å². The van der Waals surface area contributed by atoms with E-state index in [1.165, 1.54) is 6.26 Å². The predicted octanol–water partition coefficient (Wildman–Crippen LogP) is -0.124. The Morgan fingerprint density at radius 1 is 1.50 bits per heavy atom. The molecule has 0 aromatic carbocycles. The first kappa shape index (κ1) is 11.4. The SMILES string of the molecule is CN(CC#N)CCCS(C)(=O)=O. The molecule has 0 heterocycles. The van der Waals surface area contributed by atoms with Crippen LogP contribution in [-0.4, -0.2) is 45.5 Å². The second-order valence-corrected chi connectivity index (χ2v) is 5.14. The standard InChI is InChI=1S/C7H14N2O2S/c1-9(6-4-8)5-3-7-12(2,10)11/h3,5-7H2,1-2H3. The number of nitriles is 1. The van der Waals surface area contributed by atoms with Gasteiger partial charge in [0.25, 0.3) is 0 Å². The lowest BCUT2D eigenvalue weighted by Crippen LogP contribution is -2.21. The van der Waals surface area contributed by atoms with Crippen molar-refractivity contribution in [3.63, 3.8) is 0 Å². The third-order valence-electron chi connectivity index (χ3n) is 1.40. The van der Waals surface area contributed by atoms with E-state index in [9.17, 15) is 8.42 Å². The van der Waals surface area contributed by atoms with Crippen LogP contribution in [0, 0.1) is 11.3 Å². The van der Waals surface area contributed by atoms with Crippen molar-refractivity contribution in [2.45, 2.75) is 6.42 Å². The Labute approximate surface area is 73.7 Å². The van der Waals surface area contributed by atoms with Crippen LogP contribution in [0.3, 0.4) is 0 Å². The largest absolute Gasteiger partial charge is 0.294 e. The molecule has 0 N–H and O–H groups in total. The number of rotatable bonds is 5. The Hall–Kier alpha value is -0.600. The van der Waals surface area contributed by atoms with Crippen LogP contribution in [0.5, 0.6) is 0 Å². The summed E-state index contributed by atoms with van der Waals surface area (Å²) in [6.07, 6.45) is 1.81. The number of hydrogen-bond acceptors (Lipinski definition) is 4. The van der Waals surface area contributed by atoms with Crippen molar-refractivity contribution in [3.05, 3.63) is 0 Å². The minimum absolute atomic E-state index is 0.197. The molecule has 0 saturated carbocycles. The zero-order valence-corrected chi connectivity index (χ0v) is 8.26. The minimum Gasteiger partial charge on any atom is -0.294 e. The van der Waals surface area contributed by atoms with Crippen LogP contribution >= 0.6 is 0 Å². The molecule has 5 heteroatoms. The first-order valence-electron chi connectivity index (χ1n) is 3.69. The molecule has 0 aromatic rings. The molecule has 0 aromatic heterocycles. The van der Waals surface area contributed by atoms with Gasteiger partial charge in [-0.3, -0.25) is 4.90 Å². The summed E-state index contributed by atoms with van der Waals surface area (Å²) in [4.78, 5) is 1.80. The van der Waals surface area contributed by atoms with Crippen molar-refractivity contribution in [1.29, 1.82) is 5.26 Å². The summed E-state index contributed by atoms with van der Waals surface area (Å²) in [5, 5.41) is 8.29. The lowest BCUT2D eigenvalue weighted by atomic mass is 10.4. The van der Waals surface area contributed by atoms with E-state index in [2.05, 4.69) is 0 Å². The molecule has 0 atom stereocenters. The topological polar surface area (TPSA) is 61.2 Å². The highest BCUT2D eigenvalue weighted by molar-refractivity contribution is 7.90. The molecule has 0 aliphatic heterocycles. The highest BCUT2D eigenvalue weighted by Gasteiger charge is 2.02. The maximum atomic E-state index is 10.7. The van der Waals surface area contributed by atoms with E-state index in [4.69, 9.17) is 5.26 Å². The molecule has 0 bridgehead atoms. The zero-order valence-electron chi connectivity index (χ0n) is 7.45. The summed E-state index contributed by atoms with van der Waals surface area (Å²) in [7, 11) is -1.05. The quantitative estimate of drug-likeness (QED) is 0.567. The van der Waals surface area contributed by atoms with E-state index in [1.54, 1.807) is 11.9 Å². The molecule has 0 saturated heterocycles. The normalized spacial score (nSPS) is 11.5. The third kappa shape index (κ3) is 7.51. The Kier molecular flexibility index (Phi) is 4.86. The summed E-state index contributed by atoms with van der Waals surface area (Å²) in [5.41, 5.74) is 0. The molecule has 0 aliphatic rings. The van der Waals surface area contributed by atoms with E-state index < -0.39 is 9.84 Å². The van der Waals surface area contributed by atoms with Gasteiger partial charge >= 0.3 is 0 Å². The summed E-state index contributed by atoms with van der Waals surface area (Å²) >= 11 is 0. The fourth-order valence-electron chi connectivity index (χ4n) is 0.796. The van der Waals surface area contributed by atoms with Crippen LogP contribution < -0.4 is 0 Å². The van der Waals surface area contributed by atoms with Crippen LogP contribution in [0.15, 0.2) is 0 Å². The number of sulfone groups is 1. The van der Waals surface area contributed by atoms with Gasteiger partial charge in [-0.15, -0.1) is 0 Å². The molecule has 0 amide bonds. The lowest BCUT2D eigenvalue weighted by Gasteiger charge is -2.10. The first-order chi connectivity index (χ1) is 5.45. The second kappa shape index (κ2) is 5.12. The lowest BCUT2D eigenvalue weighted by molar-refractivity contribution is 0.375. The van der Waals surface area contributed by atoms with Gasteiger partial charge in [-0.1, -0.05) is 0 Å².